The molecule has 0 atom stereocenters. The summed E-state index contributed by atoms with van der Waals surface area (Å²) in [4.78, 5) is 24.3. The second kappa shape index (κ2) is 8.22. The lowest BCUT2D eigenvalue weighted by Crippen LogP contribution is -2.42. The van der Waals surface area contributed by atoms with Crippen molar-refractivity contribution >= 4 is 23.4 Å². The molecule has 0 aliphatic heterocycles. The van der Waals surface area contributed by atoms with Crippen LogP contribution >= 0.6 is 11.6 Å². The number of benzene rings is 2. The Morgan fingerprint density at radius 1 is 1.07 bits per heavy atom. The molecule has 0 radical (unpaired) electrons. The SMILES string of the molecule is Cc1nn(-c2ccccc2F)c(C)c1CC(=O)NNC(=O)c1ccc(Cl)cc1. The maximum atomic E-state index is 14.1. The van der Waals surface area contributed by atoms with Crippen molar-refractivity contribution in [3.05, 3.63) is 81.9 Å². The molecule has 2 amide bonds. The highest BCUT2D eigenvalue weighted by atomic mass is 35.5. The van der Waals surface area contributed by atoms with E-state index in [1.807, 2.05) is 0 Å². The molecule has 8 heteroatoms. The normalized spacial score (nSPS) is 10.6. The van der Waals surface area contributed by atoms with Crippen LogP contribution in [0.25, 0.3) is 5.69 Å². The van der Waals surface area contributed by atoms with Crippen molar-refractivity contribution in [3.8, 4) is 5.69 Å². The number of para-hydroxylation sites is 1. The minimum atomic E-state index is -0.458. The quantitative estimate of drug-likeness (QED) is 0.660. The highest BCUT2D eigenvalue weighted by Crippen LogP contribution is 2.20. The number of hydrogen-bond donors (Lipinski definition) is 2. The van der Waals surface area contributed by atoms with Crippen LogP contribution in [0.4, 0.5) is 4.39 Å². The molecule has 3 rings (SSSR count). The number of hydrazine groups is 1. The Hall–Kier alpha value is -3.19. The highest BCUT2D eigenvalue weighted by molar-refractivity contribution is 6.30. The van der Waals surface area contributed by atoms with Crippen molar-refractivity contribution in [3.63, 3.8) is 0 Å². The molecule has 0 saturated heterocycles. The van der Waals surface area contributed by atoms with Crippen LogP contribution in [0, 0.1) is 19.7 Å². The van der Waals surface area contributed by atoms with Gasteiger partial charge in [-0.1, -0.05) is 23.7 Å². The summed E-state index contributed by atoms with van der Waals surface area (Å²) < 4.78 is 15.5. The molecule has 144 valence electrons. The molecule has 2 N–H and O–H groups in total. The molecule has 0 saturated carbocycles. The van der Waals surface area contributed by atoms with Crippen molar-refractivity contribution in [2.24, 2.45) is 0 Å². The zero-order valence-electron chi connectivity index (χ0n) is 15.3. The molecule has 2 aromatic carbocycles. The molecule has 0 aliphatic carbocycles. The molecule has 3 aromatic rings. The van der Waals surface area contributed by atoms with Crippen molar-refractivity contribution in [1.82, 2.24) is 20.6 Å². The molecule has 6 nitrogen and oxygen atoms in total. The maximum absolute atomic E-state index is 14.1. The Kier molecular flexibility index (Phi) is 5.75. The Balaban J connectivity index is 1.68. The van der Waals surface area contributed by atoms with Gasteiger partial charge in [-0.25, -0.2) is 9.07 Å². The van der Waals surface area contributed by atoms with Gasteiger partial charge in [-0.2, -0.15) is 5.10 Å². The average molecular weight is 401 g/mol. The zero-order valence-corrected chi connectivity index (χ0v) is 16.0. The third-order valence-electron chi connectivity index (χ3n) is 4.28. The summed E-state index contributed by atoms with van der Waals surface area (Å²) in [5, 5.41) is 4.85. The lowest BCUT2D eigenvalue weighted by Gasteiger charge is -2.09. The van der Waals surface area contributed by atoms with E-state index in [2.05, 4.69) is 16.0 Å². The van der Waals surface area contributed by atoms with Crippen molar-refractivity contribution in [2.45, 2.75) is 20.3 Å². The van der Waals surface area contributed by atoms with E-state index >= 15 is 0 Å². The number of rotatable bonds is 4. The van der Waals surface area contributed by atoms with Crippen LogP contribution in [0.5, 0.6) is 0 Å². The Labute approximate surface area is 166 Å². The summed E-state index contributed by atoms with van der Waals surface area (Å²) in [6.45, 7) is 3.51. The number of nitrogens with one attached hydrogen (secondary N) is 2. The molecule has 1 heterocycles. The number of carbonyl (C=O) groups excluding carboxylic acids is 2. The lowest BCUT2D eigenvalue weighted by atomic mass is 10.1. The fourth-order valence-corrected chi connectivity index (χ4v) is 2.92. The van der Waals surface area contributed by atoms with Crippen LogP contribution in [0.1, 0.15) is 27.3 Å². The predicted octanol–water partition coefficient (Wildman–Crippen LogP) is 3.29. The topological polar surface area (TPSA) is 76.0 Å². The van der Waals surface area contributed by atoms with Gasteiger partial charge in [-0.05, 0) is 50.2 Å². The van der Waals surface area contributed by atoms with Gasteiger partial charge in [0.25, 0.3) is 5.91 Å². The fraction of sp³-hybridized carbons (Fsp3) is 0.150. The van der Waals surface area contributed by atoms with Crippen molar-refractivity contribution in [2.75, 3.05) is 0 Å². The third kappa shape index (κ3) is 4.20. The number of carbonyl (C=O) groups is 2. The summed E-state index contributed by atoms with van der Waals surface area (Å²) in [6, 6.07) is 12.6. The molecule has 0 spiro atoms. The third-order valence-corrected chi connectivity index (χ3v) is 4.53. The summed E-state index contributed by atoms with van der Waals surface area (Å²) in [5.41, 5.74) is 7.34. The first-order valence-corrected chi connectivity index (χ1v) is 8.89. The first-order chi connectivity index (χ1) is 13.4. The minimum Gasteiger partial charge on any atom is -0.273 e. The van der Waals surface area contributed by atoms with E-state index in [1.54, 1.807) is 56.3 Å². The Morgan fingerprint density at radius 2 is 1.75 bits per heavy atom. The molecule has 0 fully saturated rings. The fourth-order valence-electron chi connectivity index (χ4n) is 2.79. The first kappa shape index (κ1) is 19.6. The van der Waals surface area contributed by atoms with E-state index in [-0.39, 0.29) is 6.42 Å². The van der Waals surface area contributed by atoms with E-state index in [9.17, 15) is 14.0 Å². The second-order valence-electron chi connectivity index (χ2n) is 6.20. The molecule has 28 heavy (non-hydrogen) atoms. The smallest absolute Gasteiger partial charge is 0.269 e. The molecule has 0 bridgehead atoms. The van der Waals surface area contributed by atoms with Crippen LogP contribution in [0.3, 0.4) is 0 Å². The van der Waals surface area contributed by atoms with Gasteiger partial charge >= 0.3 is 0 Å². The van der Waals surface area contributed by atoms with Gasteiger partial charge in [0.2, 0.25) is 5.91 Å². The van der Waals surface area contributed by atoms with Gasteiger partial charge in [0, 0.05) is 21.8 Å². The van der Waals surface area contributed by atoms with E-state index in [4.69, 9.17) is 11.6 Å². The van der Waals surface area contributed by atoms with E-state index in [1.165, 1.54) is 10.7 Å². The van der Waals surface area contributed by atoms with Crippen molar-refractivity contribution in [1.29, 1.82) is 0 Å². The molecular formula is C20H18ClFN4O2. The number of hydrogen-bond acceptors (Lipinski definition) is 3. The van der Waals surface area contributed by atoms with E-state index in [0.29, 0.717) is 33.2 Å². The largest absolute Gasteiger partial charge is 0.273 e. The standard InChI is InChI=1S/C20H18ClFN4O2/c1-12-16(13(2)26(25-12)18-6-4-3-5-17(18)22)11-19(27)23-24-20(28)14-7-9-15(21)10-8-14/h3-10H,11H2,1-2H3,(H,23,27)(H,24,28). The van der Waals surface area contributed by atoms with Crippen LogP contribution < -0.4 is 10.9 Å². The van der Waals surface area contributed by atoms with Crippen LogP contribution in [-0.2, 0) is 11.2 Å². The van der Waals surface area contributed by atoms with E-state index in [0.717, 1.165) is 0 Å². The Bertz CT molecular complexity index is 1030. The second-order valence-corrected chi connectivity index (χ2v) is 6.63. The van der Waals surface area contributed by atoms with Crippen LogP contribution in [0.2, 0.25) is 5.02 Å². The number of halogens is 2. The van der Waals surface area contributed by atoms with Gasteiger partial charge in [0.15, 0.2) is 0 Å². The minimum absolute atomic E-state index is 0.00693. The summed E-state index contributed by atoms with van der Waals surface area (Å²) in [6.07, 6.45) is -0.00693. The summed E-state index contributed by atoms with van der Waals surface area (Å²) in [5.74, 6) is -1.28. The maximum Gasteiger partial charge on any atom is 0.269 e. The van der Waals surface area contributed by atoms with Crippen LogP contribution in [0.15, 0.2) is 48.5 Å². The summed E-state index contributed by atoms with van der Waals surface area (Å²) in [7, 11) is 0. The summed E-state index contributed by atoms with van der Waals surface area (Å²) >= 11 is 5.79. The number of amides is 2. The van der Waals surface area contributed by atoms with Crippen LogP contribution in [-0.4, -0.2) is 21.6 Å². The number of nitrogens with zero attached hydrogens (tertiary/aromatic N) is 2. The lowest BCUT2D eigenvalue weighted by molar-refractivity contribution is -0.121. The van der Waals surface area contributed by atoms with Gasteiger partial charge in [-0.15, -0.1) is 0 Å². The van der Waals surface area contributed by atoms with Crippen molar-refractivity contribution < 1.29 is 14.0 Å². The number of aryl methyl sites for hydroxylation is 1. The zero-order chi connectivity index (χ0) is 20.3. The Morgan fingerprint density at radius 3 is 2.43 bits per heavy atom. The first-order valence-electron chi connectivity index (χ1n) is 8.51. The van der Waals surface area contributed by atoms with Gasteiger partial charge < -0.3 is 0 Å². The highest BCUT2D eigenvalue weighted by Gasteiger charge is 2.18. The predicted molar refractivity (Wildman–Crippen MR) is 104 cm³/mol. The van der Waals surface area contributed by atoms with E-state index < -0.39 is 17.6 Å². The monoisotopic (exact) mass is 400 g/mol. The van der Waals surface area contributed by atoms with Gasteiger partial charge in [0.05, 0.1) is 12.1 Å². The number of aromatic nitrogens is 2. The molecule has 1 aromatic heterocycles. The van der Waals surface area contributed by atoms with Gasteiger partial charge in [0.1, 0.15) is 11.5 Å². The average Bonchev–Trinajstić information content (AvgIpc) is 2.95. The molecular weight excluding hydrogens is 383 g/mol. The molecule has 0 aliphatic rings. The van der Waals surface area contributed by atoms with Gasteiger partial charge in [-0.3, -0.25) is 20.4 Å². The molecule has 0 unspecified atom stereocenters.